The van der Waals surface area contributed by atoms with Gasteiger partial charge in [-0.25, -0.2) is 13.8 Å². The SMILES string of the molecule is COC1CCC(n2c([C@@H]3[C@@H]4[C@H](C(O)N3c3ccc(F)c(F)c3)C4(C)C)nc3cc(-c4c(C)noc4C)ccc32)CC1. The first kappa shape index (κ1) is 26.6. The number of fused-ring (bicyclic) bond motifs is 2. The third-order valence-electron chi connectivity index (χ3n) is 10.1. The summed E-state index contributed by atoms with van der Waals surface area (Å²) in [5, 5.41) is 15.7. The molecule has 0 radical (unpaired) electrons. The normalized spacial score (nSPS) is 28.8. The summed E-state index contributed by atoms with van der Waals surface area (Å²) in [6.45, 7) is 8.19. The smallest absolute Gasteiger partial charge is 0.160 e. The largest absolute Gasteiger partial charge is 0.381 e. The average molecular weight is 563 g/mol. The molecule has 3 aliphatic rings. The summed E-state index contributed by atoms with van der Waals surface area (Å²) in [7, 11) is 1.77. The van der Waals surface area contributed by atoms with Crippen LogP contribution in [0, 0.1) is 42.7 Å². The molecule has 0 amide bonds. The predicted octanol–water partition coefficient (Wildman–Crippen LogP) is 6.87. The summed E-state index contributed by atoms with van der Waals surface area (Å²) in [6, 6.07) is 10.1. The molecular weight excluding hydrogens is 526 g/mol. The van der Waals surface area contributed by atoms with Crippen LogP contribution < -0.4 is 4.90 Å². The average Bonchev–Trinajstić information content (AvgIpc) is 3.27. The van der Waals surface area contributed by atoms with Gasteiger partial charge >= 0.3 is 0 Å². The third kappa shape index (κ3) is 3.96. The van der Waals surface area contributed by atoms with Crippen molar-refractivity contribution in [2.45, 2.75) is 77.8 Å². The van der Waals surface area contributed by atoms with E-state index in [9.17, 15) is 13.9 Å². The number of halogens is 2. The van der Waals surface area contributed by atoms with Crippen molar-refractivity contribution in [2.75, 3.05) is 12.0 Å². The van der Waals surface area contributed by atoms with Crippen LogP contribution in [0.15, 0.2) is 40.9 Å². The summed E-state index contributed by atoms with van der Waals surface area (Å²) in [5.41, 5.74) is 5.00. The van der Waals surface area contributed by atoms with Crippen LogP contribution >= 0.6 is 0 Å². The molecule has 0 spiro atoms. The molecule has 1 N–H and O–H groups in total. The van der Waals surface area contributed by atoms with E-state index in [1.807, 2.05) is 18.7 Å². The molecule has 1 aliphatic heterocycles. The standard InChI is InChI=1S/C32H36F2N4O3/c1-16-26(17(2)41-36-16)18-6-13-25-24(14-18)35-30(37(25)19-7-10-21(40-5)11-8-19)29-27-28(32(27,3)4)31(39)38(29)20-9-12-22(33)23(34)15-20/h6,9,12-15,19,21,27-29,31,39H,7-8,10-11H2,1-5H3/t19?,21?,27-,28+,29-,31?/m0/s1. The number of aromatic nitrogens is 3. The van der Waals surface area contributed by atoms with Crippen LogP contribution in [-0.2, 0) is 4.74 Å². The first-order valence-corrected chi connectivity index (χ1v) is 14.5. The minimum absolute atomic E-state index is 0.00373. The van der Waals surface area contributed by atoms with Crippen molar-refractivity contribution < 1.29 is 23.1 Å². The molecule has 3 fully saturated rings. The van der Waals surface area contributed by atoms with Crippen LogP contribution in [0.2, 0.25) is 0 Å². The topological polar surface area (TPSA) is 76.6 Å². The van der Waals surface area contributed by atoms with Crippen LogP contribution in [-0.4, -0.2) is 39.3 Å². The number of hydrogen-bond donors (Lipinski definition) is 1. The molecule has 7 rings (SSSR count). The van der Waals surface area contributed by atoms with Gasteiger partial charge in [0.25, 0.3) is 0 Å². The number of ether oxygens (including phenoxy) is 1. The first-order valence-electron chi connectivity index (χ1n) is 14.5. The number of aliphatic hydroxyl groups excluding tert-OH is 1. The van der Waals surface area contributed by atoms with Crippen molar-refractivity contribution in [3.8, 4) is 11.1 Å². The van der Waals surface area contributed by atoms with Crippen molar-refractivity contribution in [1.82, 2.24) is 14.7 Å². The first-order chi connectivity index (χ1) is 19.6. The number of piperidine rings is 1. The molecule has 1 saturated heterocycles. The Bertz CT molecular complexity index is 1620. The van der Waals surface area contributed by atoms with Gasteiger partial charge in [0.15, 0.2) is 11.6 Å². The van der Waals surface area contributed by atoms with E-state index < -0.39 is 17.9 Å². The Morgan fingerprint density at radius 2 is 1.76 bits per heavy atom. The van der Waals surface area contributed by atoms with Crippen molar-refractivity contribution >= 4 is 16.7 Å². The number of imidazole rings is 1. The van der Waals surface area contributed by atoms with Gasteiger partial charge in [0.1, 0.15) is 17.8 Å². The molecule has 2 aromatic heterocycles. The molecule has 2 aliphatic carbocycles. The van der Waals surface area contributed by atoms with E-state index >= 15 is 0 Å². The van der Waals surface area contributed by atoms with E-state index in [0.29, 0.717) is 5.69 Å². The van der Waals surface area contributed by atoms with E-state index in [1.54, 1.807) is 13.2 Å². The number of aryl methyl sites for hydroxylation is 2. The predicted molar refractivity (Wildman–Crippen MR) is 151 cm³/mol. The van der Waals surface area contributed by atoms with E-state index in [1.165, 1.54) is 6.07 Å². The number of aliphatic hydroxyl groups is 1. The van der Waals surface area contributed by atoms with Gasteiger partial charge in [-0.3, -0.25) is 0 Å². The van der Waals surface area contributed by atoms with Gasteiger partial charge in [-0.1, -0.05) is 25.1 Å². The van der Waals surface area contributed by atoms with Gasteiger partial charge in [-0.15, -0.1) is 0 Å². The van der Waals surface area contributed by atoms with Gasteiger partial charge in [0.2, 0.25) is 0 Å². The fourth-order valence-corrected chi connectivity index (χ4v) is 7.95. The van der Waals surface area contributed by atoms with E-state index in [4.69, 9.17) is 14.2 Å². The lowest BCUT2D eigenvalue weighted by atomic mass is 9.92. The maximum absolute atomic E-state index is 14.5. The summed E-state index contributed by atoms with van der Waals surface area (Å²) in [4.78, 5) is 7.15. The number of anilines is 1. The van der Waals surface area contributed by atoms with Crippen molar-refractivity contribution in [3.63, 3.8) is 0 Å². The molecule has 7 nitrogen and oxygen atoms in total. The monoisotopic (exact) mass is 562 g/mol. The molecule has 1 unspecified atom stereocenters. The van der Waals surface area contributed by atoms with Crippen molar-refractivity contribution in [3.05, 3.63) is 65.3 Å². The van der Waals surface area contributed by atoms with Crippen molar-refractivity contribution in [1.29, 1.82) is 0 Å². The minimum atomic E-state index is -0.927. The Hall–Kier alpha value is -3.30. The molecular formula is C32H36F2N4O3. The maximum Gasteiger partial charge on any atom is 0.160 e. The highest BCUT2D eigenvalue weighted by Gasteiger charge is 2.72. The quantitative estimate of drug-likeness (QED) is 0.286. The van der Waals surface area contributed by atoms with Gasteiger partial charge in [-0.2, -0.15) is 0 Å². The second-order valence-electron chi connectivity index (χ2n) is 12.6. The third-order valence-corrected chi connectivity index (χ3v) is 10.1. The number of rotatable bonds is 5. The van der Waals surface area contributed by atoms with Crippen molar-refractivity contribution in [2.24, 2.45) is 17.3 Å². The van der Waals surface area contributed by atoms with Crippen LogP contribution in [0.1, 0.15) is 68.9 Å². The fraction of sp³-hybridized carbons (Fsp3) is 0.500. The van der Waals surface area contributed by atoms with Crippen LogP contribution in [0.4, 0.5) is 14.5 Å². The second-order valence-corrected chi connectivity index (χ2v) is 12.6. The Kier molecular flexibility index (Phi) is 6.07. The molecule has 9 heteroatoms. The molecule has 2 saturated carbocycles. The van der Waals surface area contributed by atoms with E-state index in [2.05, 4.69) is 41.8 Å². The summed E-state index contributed by atoms with van der Waals surface area (Å²) in [5.74, 6) is -0.110. The maximum atomic E-state index is 14.5. The fourth-order valence-electron chi connectivity index (χ4n) is 7.95. The minimum Gasteiger partial charge on any atom is -0.381 e. The second kappa shape index (κ2) is 9.36. The Morgan fingerprint density at radius 1 is 1.00 bits per heavy atom. The van der Waals surface area contributed by atoms with E-state index in [0.717, 1.165) is 71.2 Å². The van der Waals surface area contributed by atoms with Gasteiger partial charge in [-0.05, 0) is 80.7 Å². The molecule has 216 valence electrons. The number of methoxy groups -OCH3 is 1. The highest BCUT2D eigenvalue weighted by atomic mass is 19.2. The molecule has 41 heavy (non-hydrogen) atoms. The lowest BCUT2D eigenvalue weighted by Gasteiger charge is -2.37. The van der Waals surface area contributed by atoms with Crippen LogP contribution in [0.3, 0.4) is 0 Å². The van der Waals surface area contributed by atoms with Gasteiger partial charge < -0.3 is 23.8 Å². The highest BCUT2D eigenvalue weighted by Crippen LogP contribution is 2.71. The summed E-state index contributed by atoms with van der Waals surface area (Å²) >= 11 is 0. The molecule has 3 heterocycles. The van der Waals surface area contributed by atoms with Gasteiger partial charge in [0, 0.05) is 36.4 Å². The number of nitrogens with zero attached hydrogens (tertiary/aromatic N) is 4. The van der Waals surface area contributed by atoms with Crippen LogP contribution in [0.25, 0.3) is 22.2 Å². The number of benzene rings is 2. The Morgan fingerprint density at radius 3 is 2.41 bits per heavy atom. The lowest BCUT2D eigenvalue weighted by Crippen LogP contribution is -2.40. The van der Waals surface area contributed by atoms with E-state index in [-0.39, 0.29) is 35.4 Å². The summed E-state index contributed by atoms with van der Waals surface area (Å²) < 4.78 is 41.9. The number of hydrogen-bond acceptors (Lipinski definition) is 6. The van der Waals surface area contributed by atoms with Gasteiger partial charge in [0.05, 0.1) is 28.9 Å². The Labute approximate surface area is 238 Å². The Balaban J connectivity index is 1.41. The zero-order chi connectivity index (χ0) is 28.8. The highest BCUT2D eigenvalue weighted by molar-refractivity contribution is 5.84. The van der Waals surface area contributed by atoms with Crippen LogP contribution in [0.5, 0.6) is 0 Å². The molecule has 4 atom stereocenters. The molecule has 2 aromatic carbocycles. The molecule has 0 bridgehead atoms. The summed E-state index contributed by atoms with van der Waals surface area (Å²) in [6.07, 6.45) is 3.21. The lowest BCUT2D eigenvalue weighted by molar-refractivity contribution is 0.0583. The molecule has 4 aromatic rings. The zero-order valence-electron chi connectivity index (χ0n) is 24.1. The zero-order valence-corrected chi connectivity index (χ0v) is 24.1.